The largest absolute Gasteiger partial charge is 0.465 e. The Hall–Kier alpha value is -3.36. The predicted molar refractivity (Wildman–Crippen MR) is 158 cm³/mol. The predicted octanol–water partition coefficient (Wildman–Crippen LogP) is 0.379. The average Bonchev–Trinajstić information content (AvgIpc) is 3.64. The maximum absolute atomic E-state index is 14.0. The summed E-state index contributed by atoms with van der Waals surface area (Å²) >= 11 is 0. The number of hydrogen-bond acceptors (Lipinski definition) is 12. The number of benzene rings is 1. The summed E-state index contributed by atoms with van der Waals surface area (Å²) in [7, 11) is 0. The lowest BCUT2D eigenvalue weighted by Gasteiger charge is -2.39. The van der Waals surface area contributed by atoms with Crippen LogP contribution in [-0.4, -0.2) is 112 Å². The first-order chi connectivity index (χ1) is 21.6. The molecule has 45 heavy (non-hydrogen) atoms. The van der Waals surface area contributed by atoms with Crippen LogP contribution in [-0.2, 0) is 44.5 Å². The number of ether oxygens (including phenoxy) is 4. The second kappa shape index (κ2) is 15.8. The Morgan fingerprint density at radius 2 is 1.80 bits per heavy atom. The van der Waals surface area contributed by atoms with Gasteiger partial charge in [-0.1, -0.05) is 49.4 Å². The van der Waals surface area contributed by atoms with Crippen LogP contribution in [0.3, 0.4) is 0 Å². The Kier molecular flexibility index (Phi) is 12.1. The number of aliphatic hydroxyl groups excluding tert-OH is 3. The van der Waals surface area contributed by atoms with Gasteiger partial charge in [0.1, 0.15) is 37.0 Å². The molecule has 13 heteroatoms. The smallest absolute Gasteiger partial charge is 0.338 e. The molecular formula is C32H44N2O11. The number of aryl methyl sites for hydroxylation is 1. The van der Waals surface area contributed by atoms with Crippen molar-refractivity contribution in [3.63, 3.8) is 0 Å². The van der Waals surface area contributed by atoms with Crippen molar-refractivity contribution in [2.24, 2.45) is 5.92 Å². The van der Waals surface area contributed by atoms with Gasteiger partial charge in [-0.15, -0.1) is 0 Å². The van der Waals surface area contributed by atoms with E-state index in [1.807, 2.05) is 30.3 Å². The number of fused-ring (bicyclic) bond motifs is 1. The molecule has 1 amide bonds. The van der Waals surface area contributed by atoms with Crippen molar-refractivity contribution in [2.45, 2.75) is 107 Å². The van der Waals surface area contributed by atoms with Crippen LogP contribution in [0.1, 0.15) is 51.5 Å². The van der Waals surface area contributed by atoms with Gasteiger partial charge in [-0.25, -0.2) is 9.59 Å². The van der Waals surface area contributed by atoms with Gasteiger partial charge in [0, 0.05) is 6.04 Å². The summed E-state index contributed by atoms with van der Waals surface area (Å²) in [5, 5.41) is 34.3. The van der Waals surface area contributed by atoms with Crippen LogP contribution in [0.15, 0.2) is 43.0 Å². The maximum Gasteiger partial charge on any atom is 0.338 e. The SMILES string of the molecule is C=CCOC(=O)[C@@H]1O[C@H](OC(=O)[C@@H]2C[C@@H]3CCC[C@@H]3N2C(=O)[C@H](C)N[C@@H](CCc2ccccc2)C(=O)OCC)[C@@H](O)[C@@H](O)[C@@H]1O. The Bertz CT molecular complexity index is 1200. The lowest BCUT2D eigenvalue weighted by molar-refractivity contribution is -0.288. The van der Waals surface area contributed by atoms with Crippen molar-refractivity contribution < 1.29 is 53.4 Å². The molecule has 0 spiro atoms. The van der Waals surface area contributed by atoms with Crippen molar-refractivity contribution in [3.05, 3.63) is 48.6 Å². The van der Waals surface area contributed by atoms with Gasteiger partial charge < -0.3 is 39.2 Å². The molecule has 1 saturated carbocycles. The third-order valence-electron chi connectivity index (χ3n) is 8.70. The van der Waals surface area contributed by atoms with Gasteiger partial charge >= 0.3 is 17.9 Å². The summed E-state index contributed by atoms with van der Waals surface area (Å²) in [5.41, 5.74) is 1.03. The van der Waals surface area contributed by atoms with Crippen LogP contribution in [0.2, 0.25) is 0 Å². The second-order valence-corrected chi connectivity index (χ2v) is 11.7. The zero-order valence-electron chi connectivity index (χ0n) is 25.7. The molecule has 2 saturated heterocycles. The first-order valence-electron chi connectivity index (χ1n) is 15.5. The molecule has 1 aromatic carbocycles. The van der Waals surface area contributed by atoms with Crippen molar-refractivity contribution in [3.8, 4) is 0 Å². The van der Waals surface area contributed by atoms with Crippen LogP contribution in [0.4, 0.5) is 0 Å². The van der Waals surface area contributed by atoms with E-state index < -0.39 is 72.6 Å². The molecular weight excluding hydrogens is 588 g/mol. The summed E-state index contributed by atoms with van der Waals surface area (Å²) in [6, 6.07) is 6.75. The Morgan fingerprint density at radius 3 is 2.49 bits per heavy atom. The highest BCUT2D eigenvalue weighted by Crippen LogP contribution is 2.42. The highest BCUT2D eigenvalue weighted by atomic mass is 16.7. The maximum atomic E-state index is 14.0. The summed E-state index contributed by atoms with van der Waals surface area (Å²) in [5.74, 6) is -2.75. The molecule has 0 radical (unpaired) electrons. The summed E-state index contributed by atoms with van der Waals surface area (Å²) in [4.78, 5) is 54.2. The summed E-state index contributed by atoms with van der Waals surface area (Å²) in [6.45, 7) is 6.77. The van der Waals surface area contributed by atoms with Crippen LogP contribution < -0.4 is 5.32 Å². The Labute approximate surface area is 262 Å². The number of carbonyl (C=O) groups excluding carboxylic acids is 4. The van der Waals surface area contributed by atoms with E-state index in [9.17, 15) is 34.5 Å². The monoisotopic (exact) mass is 632 g/mol. The standard InChI is InChI=1S/C32H44N2O11/c1-4-16-43-31(41)27-25(36)24(35)26(37)32(44-27)45-30(40)23-17-20-12-9-13-22(20)34(23)28(38)18(3)33-21(29(39)42-5-2)15-14-19-10-7-6-8-11-19/h4,6-8,10-11,18,20-27,32-33,35-37H,1,5,9,12-17H2,2-3H3/t18-,20-,21-,22-,23-,24-,25-,26-,27+,32+/m0/s1. The van der Waals surface area contributed by atoms with E-state index in [1.54, 1.807) is 13.8 Å². The fraction of sp³-hybridized carbons (Fsp3) is 0.625. The number of esters is 3. The van der Waals surface area contributed by atoms with E-state index >= 15 is 0 Å². The molecule has 4 N–H and O–H groups in total. The molecule has 2 aliphatic heterocycles. The van der Waals surface area contributed by atoms with Crippen molar-refractivity contribution >= 4 is 23.8 Å². The summed E-state index contributed by atoms with van der Waals surface area (Å²) < 4.78 is 21.0. The first kappa shape index (κ1) is 34.5. The second-order valence-electron chi connectivity index (χ2n) is 11.7. The molecule has 3 aliphatic rings. The summed E-state index contributed by atoms with van der Waals surface area (Å²) in [6.07, 6.45) is -4.16. The van der Waals surface area contributed by atoms with E-state index in [4.69, 9.17) is 18.9 Å². The van der Waals surface area contributed by atoms with Crippen molar-refractivity contribution in [1.82, 2.24) is 10.2 Å². The molecule has 3 fully saturated rings. The van der Waals surface area contributed by atoms with Gasteiger partial charge in [-0.2, -0.15) is 0 Å². The Morgan fingerprint density at radius 1 is 1.07 bits per heavy atom. The number of rotatable bonds is 13. The van der Waals surface area contributed by atoms with Gasteiger partial charge in [0.15, 0.2) is 6.10 Å². The molecule has 2 heterocycles. The molecule has 248 valence electrons. The minimum Gasteiger partial charge on any atom is -0.465 e. The van der Waals surface area contributed by atoms with Gasteiger partial charge in [0.2, 0.25) is 12.2 Å². The number of aliphatic hydroxyl groups is 3. The molecule has 1 aromatic rings. The normalized spacial score (nSPS) is 30.6. The minimum absolute atomic E-state index is 0.0453. The van der Waals surface area contributed by atoms with Crippen LogP contribution >= 0.6 is 0 Å². The topological polar surface area (TPSA) is 181 Å². The number of likely N-dealkylation sites (tertiary alicyclic amines) is 1. The first-order valence-corrected chi connectivity index (χ1v) is 15.5. The molecule has 1 aliphatic carbocycles. The number of carbonyl (C=O) groups is 4. The average molecular weight is 633 g/mol. The van der Waals surface area contributed by atoms with E-state index in [0.717, 1.165) is 18.4 Å². The van der Waals surface area contributed by atoms with E-state index in [2.05, 4.69) is 11.9 Å². The Balaban J connectivity index is 1.47. The highest BCUT2D eigenvalue weighted by molar-refractivity contribution is 5.89. The minimum atomic E-state index is -1.88. The van der Waals surface area contributed by atoms with Crippen LogP contribution in [0.5, 0.6) is 0 Å². The quantitative estimate of drug-likeness (QED) is 0.134. The number of amides is 1. The van der Waals surface area contributed by atoms with Crippen LogP contribution in [0.25, 0.3) is 0 Å². The van der Waals surface area contributed by atoms with Gasteiger partial charge in [-0.3, -0.25) is 14.9 Å². The number of nitrogens with one attached hydrogen (secondary N) is 1. The zero-order valence-corrected chi connectivity index (χ0v) is 25.7. The third kappa shape index (κ3) is 8.08. The lowest BCUT2D eigenvalue weighted by Crippen LogP contribution is -2.61. The number of nitrogens with zero attached hydrogens (tertiary/aromatic N) is 1. The number of hydrogen-bond donors (Lipinski definition) is 4. The van der Waals surface area contributed by atoms with Crippen molar-refractivity contribution in [2.75, 3.05) is 13.2 Å². The highest BCUT2D eigenvalue weighted by Gasteiger charge is 2.53. The molecule has 0 aromatic heterocycles. The molecule has 0 unspecified atom stereocenters. The van der Waals surface area contributed by atoms with Gasteiger partial charge in [-0.05, 0) is 57.4 Å². The van der Waals surface area contributed by atoms with E-state index in [0.29, 0.717) is 25.7 Å². The fourth-order valence-electron chi connectivity index (χ4n) is 6.44. The van der Waals surface area contributed by atoms with E-state index in [1.165, 1.54) is 11.0 Å². The lowest BCUT2D eigenvalue weighted by atomic mass is 9.99. The van der Waals surface area contributed by atoms with Crippen molar-refractivity contribution in [1.29, 1.82) is 0 Å². The zero-order chi connectivity index (χ0) is 32.7. The fourth-order valence-corrected chi connectivity index (χ4v) is 6.44. The van der Waals surface area contributed by atoms with Crippen LogP contribution in [0, 0.1) is 5.92 Å². The molecule has 4 rings (SSSR count). The molecule has 10 atom stereocenters. The molecule has 0 bridgehead atoms. The third-order valence-corrected chi connectivity index (χ3v) is 8.70. The van der Waals surface area contributed by atoms with E-state index in [-0.39, 0.29) is 25.2 Å². The van der Waals surface area contributed by atoms with Gasteiger partial charge in [0.25, 0.3) is 0 Å². The van der Waals surface area contributed by atoms with Gasteiger partial charge in [0.05, 0.1) is 12.6 Å². The molecule has 13 nitrogen and oxygen atoms in total.